The number of sulfone groups is 1. The third-order valence-corrected chi connectivity index (χ3v) is 5.92. The van der Waals surface area contributed by atoms with Crippen LogP contribution >= 0.6 is 0 Å². The van der Waals surface area contributed by atoms with E-state index in [9.17, 15) is 13.2 Å². The lowest BCUT2D eigenvalue weighted by Gasteiger charge is -2.33. The number of benzene rings is 1. The van der Waals surface area contributed by atoms with Crippen molar-refractivity contribution in [1.29, 1.82) is 0 Å². The number of hydrogen-bond acceptors (Lipinski definition) is 4. The summed E-state index contributed by atoms with van der Waals surface area (Å²) in [5, 5.41) is 0. The first-order chi connectivity index (χ1) is 10.4. The van der Waals surface area contributed by atoms with Gasteiger partial charge in [-0.2, -0.15) is 0 Å². The van der Waals surface area contributed by atoms with Crippen LogP contribution in [0, 0.1) is 0 Å². The molecule has 2 N–H and O–H groups in total. The average Bonchev–Trinajstić information content (AvgIpc) is 2.50. The van der Waals surface area contributed by atoms with Crippen LogP contribution in [0.15, 0.2) is 24.3 Å². The van der Waals surface area contributed by atoms with Crippen LogP contribution in [0.1, 0.15) is 36.4 Å². The maximum Gasteiger partial charge on any atom is 0.218 e. The molecule has 1 aromatic carbocycles. The third kappa shape index (κ3) is 4.55. The predicted octanol–water partition coefficient (Wildman–Crippen LogP) is 1.29. The Morgan fingerprint density at radius 1 is 1.32 bits per heavy atom. The van der Waals surface area contributed by atoms with Gasteiger partial charge >= 0.3 is 0 Å². The van der Waals surface area contributed by atoms with Crippen LogP contribution in [0.4, 0.5) is 0 Å². The van der Waals surface area contributed by atoms with E-state index in [1.165, 1.54) is 11.1 Å². The molecule has 0 fully saturated rings. The maximum absolute atomic E-state index is 11.9. The SMILES string of the molecule is CN(CCS(=O)(=O)CCC(N)=O)[C@H]1CCCc2ccccc21. The zero-order valence-electron chi connectivity index (χ0n) is 13.0. The molecule has 1 aliphatic carbocycles. The molecule has 1 amide bonds. The molecular weight excluding hydrogens is 300 g/mol. The Labute approximate surface area is 132 Å². The fraction of sp³-hybridized carbons (Fsp3) is 0.562. The number of fused-ring (bicyclic) bond motifs is 1. The zero-order chi connectivity index (χ0) is 16.2. The Morgan fingerprint density at radius 3 is 2.77 bits per heavy atom. The Bertz CT molecular complexity index is 628. The maximum atomic E-state index is 11.9. The van der Waals surface area contributed by atoms with Gasteiger partial charge in [-0.25, -0.2) is 8.42 Å². The van der Waals surface area contributed by atoms with Gasteiger partial charge in [-0.15, -0.1) is 0 Å². The van der Waals surface area contributed by atoms with E-state index in [-0.39, 0.29) is 24.0 Å². The molecule has 122 valence electrons. The van der Waals surface area contributed by atoms with Gasteiger partial charge in [0.25, 0.3) is 0 Å². The molecule has 0 saturated carbocycles. The van der Waals surface area contributed by atoms with Crippen molar-refractivity contribution >= 4 is 15.7 Å². The van der Waals surface area contributed by atoms with E-state index < -0.39 is 15.7 Å². The molecule has 22 heavy (non-hydrogen) atoms. The van der Waals surface area contributed by atoms with E-state index in [2.05, 4.69) is 23.1 Å². The molecule has 1 aromatic rings. The van der Waals surface area contributed by atoms with Crippen LogP contribution in [0.5, 0.6) is 0 Å². The predicted molar refractivity (Wildman–Crippen MR) is 87.2 cm³/mol. The van der Waals surface area contributed by atoms with Crippen LogP contribution in [-0.4, -0.2) is 44.3 Å². The van der Waals surface area contributed by atoms with Crippen molar-refractivity contribution in [3.05, 3.63) is 35.4 Å². The highest BCUT2D eigenvalue weighted by Gasteiger charge is 2.24. The van der Waals surface area contributed by atoms with Gasteiger partial charge in [0.15, 0.2) is 9.84 Å². The second-order valence-corrected chi connectivity index (χ2v) is 8.26. The second kappa shape index (κ2) is 7.24. The molecule has 1 aliphatic rings. The summed E-state index contributed by atoms with van der Waals surface area (Å²) in [5.74, 6) is -0.662. The Balaban J connectivity index is 1.96. The van der Waals surface area contributed by atoms with Crippen LogP contribution in [0.2, 0.25) is 0 Å². The molecule has 2 rings (SSSR count). The molecular formula is C16H24N2O3S. The van der Waals surface area contributed by atoms with Crippen molar-refractivity contribution < 1.29 is 13.2 Å². The summed E-state index contributed by atoms with van der Waals surface area (Å²) < 4.78 is 23.9. The highest BCUT2D eigenvalue weighted by Crippen LogP contribution is 2.33. The largest absolute Gasteiger partial charge is 0.370 e. The summed E-state index contributed by atoms with van der Waals surface area (Å²) in [5.41, 5.74) is 7.69. The minimum atomic E-state index is -3.23. The van der Waals surface area contributed by atoms with E-state index in [0.29, 0.717) is 6.54 Å². The fourth-order valence-corrected chi connectivity index (χ4v) is 4.27. The van der Waals surface area contributed by atoms with Crippen molar-refractivity contribution in [2.24, 2.45) is 5.73 Å². The lowest BCUT2D eigenvalue weighted by atomic mass is 9.87. The molecule has 0 radical (unpaired) electrons. The molecule has 0 saturated heterocycles. The van der Waals surface area contributed by atoms with E-state index in [1.807, 2.05) is 13.1 Å². The van der Waals surface area contributed by atoms with Crippen LogP contribution < -0.4 is 5.73 Å². The van der Waals surface area contributed by atoms with Crippen molar-refractivity contribution in [1.82, 2.24) is 4.90 Å². The van der Waals surface area contributed by atoms with Crippen molar-refractivity contribution in [2.75, 3.05) is 25.1 Å². The minimum absolute atomic E-state index is 0.0649. The molecule has 0 aliphatic heterocycles. The monoisotopic (exact) mass is 324 g/mol. The number of aryl methyl sites for hydroxylation is 1. The van der Waals surface area contributed by atoms with Gasteiger partial charge in [-0.1, -0.05) is 24.3 Å². The highest BCUT2D eigenvalue weighted by atomic mass is 32.2. The third-order valence-electron chi connectivity index (χ3n) is 4.28. The summed E-state index contributed by atoms with van der Waals surface area (Å²) in [6, 6.07) is 8.65. The summed E-state index contributed by atoms with van der Waals surface area (Å²) in [6.45, 7) is 0.472. The number of amides is 1. The van der Waals surface area contributed by atoms with Gasteiger partial charge in [0.2, 0.25) is 5.91 Å². The Morgan fingerprint density at radius 2 is 2.05 bits per heavy atom. The van der Waals surface area contributed by atoms with Gasteiger partial charge in [-0.05, 0) is 37.4 Å². The number of rotatable bonds is 7. The molecule has 0 heterocycles. The molecule has 0 spiro atoms. The van der Waals surface area contributed by atoms with Crippen LogP contribution in [0.25, 0.3) is 0 Å². The standard InChI is InChI=1S/C16H24N2O3S/c1-18(10-12-22(20,21)11-9-16(17)19)15-8-4-6-13-5-2-3-7-14(13)15/h2-3,5,7,15H,4,6,8-12H2,1H3,(H2,17,19)/t15-/m0/s1. The molecule has 0 bridgehead atoms. The van der Waals surface area contributed by atoms with Gasteiger partial charge in [0.1, 0.15) is 0 Å². The average molecular weight is 324 g/mol. The van der Waals surface area contributed by atoms with E-state index in [0.717, 1.165) is 19.3 Å². The zero-order valence-corrected chi connectivity index (χ0v) is 13.8. The summed E-state index contributed by atoms with van der Waals surface area (Å²) >= 11 is 0. The summed E-state index contributed by atoms with van der Waals surface area (Å²) in [6.07, 6.45) is 3.17. The number of nitrogens with two attached hydrogens (primary N) is 1. The number of nitrogens with zero attached hydrogens (tertiary/aromatic N) is 1. The number of carbonyl (C=O) groups is 1. The van der Waals surface area contributed by atoms with E-state index >= 15 is 0 Å². The number of primary amides is 1. The molecule has 1 atom stereocenters. The van der Waals surface area contributed by atoms with Crippen molar-refractivity contribution in [3.8, 4) is 0 Å². The van der Waals surface area contributed by atoms with E-state index in [4.69, 9.17) is 5.73 Å². The Kier molecular flexibility index (Phi) is 5.58. The van der Waals surface area contributed by atoms with Gasteiger partial charge in [-0.3, -0.25) is 9.69 Å². The smallest absolute Gasteiger partial charge is 0.218 e. The normalized spacial score (nSPS) is 18.2. The van der Waals surface area contributed by atoms with Crippen molar-refractivity contribution in [2.45, 2.75) is 31.7 Å². The summed E-state index contributed by atoms with van der Waals surface area (Å²) in [7, 11) is -1.26. The first-order valence-electron chi connectivity index (χ1n) is 7.66. The van der Waals surface area contributed by atoms with E-state index in [1.54, 1.807) is 0 Å². The second-order valence-electron chi connectivity index (χ2n) is 5.96. The van der Waals surface area contributed by atoms with Gasteiger partial charge in [0, 0.05) is 19.0 Å². The minimum Gasteiger partial charge on any atom is -0.370 e. The first kappa shape index (κ1) is 17.0. The number of carbonyl (C=O) groups excluding carboxylic acids is 1. The fourth-order valence-electron chi connectivity index (χ4n) is 2.98. The molecule has 0 aromatic heterocycles. The lowest BCUT2D eigenvalue weighted by molar-refractivity contribution is -0.117. The highest BCUT2D eigenvalue weighted by molar-refractivity contribution is 7.91. The topological polar surface area (TPSA) is 80.5 Å². The lowest BCUT2D eigenvalue weighted by Crippen LogP contribution is -2.32. The molecule has 0 unspecified atom stereocenters. The van der Waals surface area contributed by atoms with Gasteiger partial charge in [0.05, 0.1) is 11.5 Å². The first-order valence-corrected chi connectivity index (χ1v) is 9.48. The Hall–Kier alpha value is -1.40. The van der Waals surface area contributed by atoms with Crippen molar-refractivity contribution in [3.63, 3.8) is 0 Å². The van der Waals surface area contributed by atoms with Crippen LogP contribution in [-0.2, 0) is 21.1 Å². The van der Waals surface area contributed by atoms with Gasteiger partial charge < -0.3 is 5.73 Å². The van der Waals surface area contributed by atoms with Crippen LogP contribution in [0.3, 0.4) is 0 Å². The number of hydrogen-bond donors (Lipinski definition) is 1. The quantitative estimate of drug-likeness (QED) is 0.819. The summed E-state index contributed by atoms with van der Waals surface area (Å²) in [4.78, 5) is 12.8. The molecule has 5 nitrogen and oxygen atoms in total. The molecule has 6 heteroatoms.